The number of halogens is 1. The van der Waals surface area contributed by atoms with E-state index in [2.05, 4.69) is 15.3 Å². The second-order valence-corrected chi connectivity index (χ2v) is 6.27. The number of aromatic nitrogens is 2. The van der Waals surface area contributed by atoms with Crippen molar-refractivity contribution >= 4 is 40.3 Å². The number of carbonyl (C=O) groups is 1. The van der Waals surface area contributed by atoms with Crippen LogP contribution in [0.3, 0.4) is 0 Å². The quantitative estimate of drug-likeness (QED) is 0.440. The van der Waals surface area contributed by atoms with Crippen molar-refractivity contribution in [3.05, 3.63) is 41.3 Å². The summed E-state index contributed by atoms with van der Waals surface area (Å²) >= 11 is 5.93. The van der Waals surface area contributed by atoms with Crippen molar-refractivity contribution in [1.29, 1.82) is 5.41 Å². The van der Waals surface area contributed by atoms with Gasteiger partial charge in [0.2, 0.25) is 5.91 Å². The zero-order chi connectivity index (χ0) is 18.4. The van der Waals surface area contributed by atoms with Crippen molar-refractivity contribution < 1.29 is 9.53 Å². The van der Waals surface area contributed by atoms with Crippen molar-refractivity contribution in [2.45, 2.75) is 6.42 Å². The lowest BCUT2D eigenvalue weighted by molar-refractivity contribution is -0.142. The molecule has 0 saturated carbocycles. The number of morpholine rings is 1. The maximum atomic E-state index is 11.6. The maximum Gasteiger partial charge on any atom is 0.248 e. The average molecular weight is 374 g/mol. The predicted molar refractivity (Wildman–Crippen MR) is 101 cm³/mol. The van der Waals surface area contributed by atoms with E-state index in [1.165, 1.54) is 6.21 Å². The highest BCUT2D eigenvalue weighted by Gasteiger charge is 2.17. The lowest BCUT2D eigenvalue weighted by Gasteiger charge is -2.26. The fourth-order valence-electron chi connectivity index (χ4n) is 2.69. The summed E-state index contributed by atoms with van der Waals surface area (Å²) in [7, 11) is 0. The Labute approximate surface area is 156 Å². The van der Waals surface area contributed by atoms with Crippen molar-refractivity contribution in [3.63, 3.8) is 0 Å². The van der Waals surface area contributed by atoms with Gasteiger partial charge in [0, 0.05) is 49.4 Å². The summed E-state index contributed by atoms with van der Waals surface area (Å²) in [5, 5.41) is 11.2. The largest absolute Gasteiger partial charge is 0.390 e. The van der Waals surface area contributed by atoms with Gasteiger partial charge >= 0.3 is 0 Å². The van der Waals surface area contributed by atoms with E-state index in [1.54, 1.807) is 18.5 Å². The molecular formula is C18H20ClN5O2. The Morgan fingerprint density at radius 2 is 2.31 bits per heavy atom. The number of ether oxygens (including phenoxy) is 1. The molecule has 1 amide bonds. The smallest absolute Gasteiger partial charge is 0.248 e. The molecule has 136 valence electrons. The fourth-order valence-corrected chi connectivity index (χ4v) is 2.84. The molecule has 3 heterocycles. The summed E-state index contributed by atoms with van der Waals surface area (Å²) in [5.74, 6) is 0.0420. The van der Waals surface area contributed by atoms with E-state index < -0.39 is 0 Å². The molecule has 0 spiro atoms. The molecular weight excluding hydrogens is 354 g/mol. The predicted octanol–water partition coefficient (Wildman–Crippen LogP) is 2.11. The van der Waals surface area contributed by atoms with Gasteiger partial charge in [-0.15, -0.1) is 0 Å². The second-order valence-electron chi connectivity index (χ2n) is 5.88. The number of pyridine rings is 2. The first kappa shape index (κ1) is 18.3. The van der Waals surface area contributed by atoms with Crippen LogP contribution in [0.25, 0.3) is 16.6 Å². The van der Waals surface area contributed by atoms with Gasteiger partial charge in [-0.25, -0.2) is 4.98 Å². The first-order valence-corrected chi connectivity index (χ1v) is 8.77. The first-order chi connectivity index (χ1) is 12.7. The molecule has 0 unspecified atom stereocenters. The van der Waals surface area contributed by atoms with Crippen LogP contribution < -0.4 is 5.32 Å². The Bertz CT molecular complexity index is 839. The number of carbonyl (C=O) groups excluding carboxylic acids is 1. The summed E-state index contributed by atoms with van der Waals surface area (Å²) in [6.45, 7) is 2.83. The zero-order valence-corrected chi connectivity index (χ0v) is 15.0. The van der Waals surface area contributed by atoms with Crippen LogP contribution in [0.5, 0.6) is 0 Å². The zero-order valence-electron chi connectivity index (χ0n) is 14.2. The molecule has 8 heteroatoms. The van der Waals surface area contributed by atoms with Gasteiger partial charge in [0.1, 0.15) is 11.8 Å². The first-order valence-electron chi connectivity index (χ1n) is 8.39. The molecule has 0 aromatic carbocycles. The molecule has 3 rings (SSSR count). The highest BCUT2D eigenvalue weighted by atomic mass is 35.5. The summed E-state index contributed by atoms with van der Waals surface area (Å²) < 4.78 is 5.11. The maximum absolute atomic E-state index is 11.6. The van der Waals surface area contributed by atoms with Gasteiger partial charge in [-0.3, -0.25) is 9.78 Å². The molecule has 0 atom stereocenters. The Morgan fingerprint density at radius 3 is 3.12 bits per heavy atom. The van der Waals surface area contributed by atoms with Crippen LogP contribution in [0.15, 0.2) is 30.6 Å². The number of rotatable bonds is 7. The topological polar surface area (TPSA) is 91.2 Å². The van der Waals surface area contributed by atoms with Crippen LogP contribution >= 0.6 is 11.6 Å². The van der Waals surface area contributed by atoms with Crippen molar-refractivity contribution in [1.82, 2.24) is 20.2 Å². The lowest BCUT2D eigenvalue weighted by Crippen LogP contribution is -2.42. The Kier molecular flexibility index (Phi) is 6.14. The van der Waals surface area contributed by atoms with Crippen molar-refractivity contribution in [2.24, 2.45) is 0 Å². The van der Waals surface area contributed by atoms with Gasteiger partial charge in [-0.05, 0) is 24.6 Å². The van der Waals surface area contributed by atoms with Crippen LogP contribution in [0, 0.1) is 5.41 Å². The second kappa shape index (κ2) is 8.73. The number of amides is 1. The summed E-state index contributed by atoms with van der Waals surface area (Å²) in [6.07, 6.45) is 5.58. The molecule has 2 aromatic heterocycles. The van der Waals surface area contributed by atoms with E-state index in [0.29, 0.717) is 42.5 Å². The van der Waals surface area contributed by atoms with E-state index in [-0.39, 0.29) is 12.5 Å². The monoisotopic (exact) mass is 373 g/mol. The van der Waals surface area contributed by atoms with E-state index >= 15 is 0 Å². The average Bonchev–Trinajstić information content (AvgIpc) is 2.65. The fraction of sp³-hybridized carbons (Fsp3) is 0.333. The molecule has 1 aliphatic rings. The molecule has 1 saturated heterocycles. The Hall–Kier alpha value is -2.51. The van der Waals surface area contributed by atoms with Crippen molar-refractivity contribution in [3.8, 4) is 0 Å². The molecule has 2 N–H and O–H groups in total. The lowest BCUT2D eigenvalue weighted by atomic mass is 10.1. The molecule has 1 fully saturated rings. The molecule has 2 aromatic rings. The van der Waals surface area contributed by atoms with Gasteiger partial charge < -0.3 is 20.4 Å². The highest BCUT2D eigenvalue weighted by Crippen LogP contribution is 2.18. The van der Waals surface area contributed by atoms with Crippen LogP contribution in [0.1, 0.15) is 12.0 Å². The van der Waals surface area contributed by atoms with Crippen LogP contribution in [0.2, 0.25) is 5.15 Å². The molecule has 0 aliphatic carbocycles. The molecule has 7 nitrogen and oxygen atoms in total. The van der Waals surface area contributed by atoms with E-state index in [9.17, 15) is 4.79 Å². The summed E-state index contributed by atoms with van der Waals surface area (Å²) in [6, 6.07) is 5.37. The normalized spacial score (nSPS) is 15.3. The SMILES string of the molecule is N=C/C(=C\NCCCN1CCOCC1=O)c1cnc2ccc(Cl)nc2c1. The van der Waals surface area contributed by atoms with Crippen LogP contribution in [-0.4, -0.2) is 59.8 Å². The van der Waals surface area contributed by atoms with E-state index in [1.807, 2.05) is 17.0 Å². The van der Waals surface area contributed by atoms with Crippen LogP contribution in [0.4, 0.5) is 0 Å². The van der Waals surface area contributed by atoms with Gasteiger partial charge in [-0.1, -0.05) is 11.6 Å². The van der Waals surface area contributed by atoms with Gasteiger partial charge in [0.05, 0.1) is 17.6 Å². The van der Waals surface area contributed by atoms with Crippen LogP contribution in [-0.2, 0) is 9.53 Å². The molecule has 0 bridgehead atoms. The minimum Gasteiger partial charge on any atom is -0.390 e. The van der Waals surface area contributed by atoms with E-state index in [4.69, 9.17) is 21.7 Å². The van der Waals surface area contributed by atoms with Gasteiger partial charge in [-0.2, -0.15) is 0 Å². The molecule has 26 heavy (non-hydrogen) atoms. The van der Waals surface area contributed by atoms with Gasteiger partial charge in [0.25, 0.3) is 0 Å². The number of nitrogens with one attached hydrogen (secondary N) is 2. The molecule has 1 aliphatic heterocycles. The minimum absolute atomic E-state index is 0.0420. The summed E-state index contributed by atoms with van der Waals surface area (Å²) in [4.78, 5) is 22.1. The molecule has 0 radical (unpaired) electrons. The number of hydrogen-bond acceptors (Lipinski definition) is 6. The number of nitrogens with zero attached hydrogens (tertiary/aromatic N) is 3. The third-order valence-corrected chi connectivity index (χ3v) is 4.29. The van der Waals surface area contributed by atoms with E-state index in [0.717, 1.165) is 17.5 Å². The number of fused-ring (bicyclic) bond motifs is 1. The minimum atomic E-state index is 0.0420. The summed E-state index contributed by atoms with van der Waals surface area (Å²) in [5.41, 5.74) is 2.93. The number of hydrogen-bond donors (Lipinski definition) is 2. The van der Waals surface area contributed by atoms with Gasteiger partial charge in [0.15, 0.2) is 0 Å². The third kappa shape index (κ3) is 4.56. The highest BCUT2D eigenvalue weighted by molar-refractivity contribution is 6.29. The third-order valence-electron chi connectivity index (χ3n) is 4.08. The Balaban J connectivity index is 1.58. The van der Waals surface area contributed by atoms with Crippen molar-refractivity contribution in [2.75, 3.05) is 32.8 Å². The number of allylic oxidation sites excluding steroid dienone is 1. The Morgan fingerprint density at radius 1 is 1.42 bits per heavy atom. The standard InChI is InChI=1S/C18H20ClN5O2/c19-17-3-2-15-16(23-17)8-13(11-22-15)14(9-20)10-21-4-1-5-24-6-7-26-12-18(24)25/h2-3,8-11,20-21H,1,4-7,12H2/b14-10+,20-9?.